The van der Waals surface area contributed by atoms with Crippen molar-refractivity contribution in [2.24, 2.45) is 0 Å². The van der Waals surface area contributed by atoms with Gasteiger partial charge in [-0.05, 0) is 40.3 Å². The van der Waals surface area contributed by atoms with Crippen LogP contribution in [0.3, 0.4) is 0 Å². The summed E-state index contributed by atoms with van der Waals surface area (Å²) < 4.78 is 0. The van der Waals surface area contributed by atoms with Crippen LogP contribution in [0.2, 0.25) is 0 Å². The van der Waals surface area contributed by atoms with E-state index in [1.165, 1.54) is 22.5 Å². The summed E-state index contributed by atoms with van der Waals surface area (Å²) >= 11 is 3.13. The highest BCUT2D eigenvalue weighted by Crippen LogP contribution is 2.14. The van der Waals surface area contributed by atoms with E-state index in [4.69, 9.17) is 0 Å². The lowest BCUT2D eigenvalue weighted by molar-refractivity contribution is 0.0955. The van der Waals surface area contributed by atoms with Crippen molar-refractivity contribution in [3.8, 4) is 0 Å². The van der Waals surface area contributed by atoms with Crippen LogP contribution in [0.1, 0.15) is 20.8 Å². The lowest BCUT2D eigenvalue weighted by Crippen LogP contribution is -2.21. The first-order chi connectivity index (χ1) is 7.27. The van der Waals surface area contributed by atoms with Gasteiger partial charge in [-0.25, -0.2) is 0 Å². The summed E-state index contributed by atoms with van der Waals surface area (Å²) in [5.41, 5.74) is 2.44. The summed E-state index contributed by atoms with van der Waals surface area (Å²) in [7, 11) is 0. The number of hydrogen-bond donors (Lipinski definition) is 1. The van der Waals surface area contributed by atoms with Crippen molar-refractivity contribution in [1.82, 2.24) is 5.32 Å². The normalized spacial score (nSPS) is 10.2. The molecule has 2 aromatic heterocycles. The highest BCUT2D eigenvalue weighted by Gasteiger charge is 2.06. The molecular formula is C11H11NOS2. The van der Waals surface area contributed by atoms with Gasteiger partial charge in [-0.2, -0.15) is 11.3 Å². The molecule has 2 rings (SSSR count). The molecule has 0 spiro atoms. The maximum absolute atomic E-state index is 11.6. The molecule has 0 saturated carbocycles. The van der Waals surface area contributed by atoms with Gasteiger partial charge in [0.15, 0.2) is 0 Å². The van der Waals surface area contributed by atoms with E-state index in [2.05, 4.69) is 23.0 Å². The Balaban J connectivity index is 1.95. The van der Waals surface area contributed by atoms with Gasteiger partial charge in [0.1, 0.15) is 0 Å². The Kier molecular flexibility index (Phi) is 3.18. The van der Waals surface area contributed by atoms with Crippen molar-refractivity contribution in [1.29, 1.82) is 0 Å². The zero-order chi connectivity index (χ0) is 10.7. The Morgan fingerprint density at radius 2 is 2.33 bits per heavy atom. The van der Waals surface area contributed by atoms with Crippen LogP contribution in [0.5, 0.6) is 0 Å². The molecule has 78 valence electrons. The Hall–Kier alpha value is -1.13. The minimum Gasteiger partial charge on any atom is -0.347 e. The van der Waals surface area contributed by atoms with Crippen LogP contribution >= 0.6 is 22.7 Å². The standard InChI is InChI=1S/C11H11NOS2/c1-8-6-14-7-9(8)5-12-11(13)10-3-2-4-15-10/h2-4,6-7H,5H2,1H3,(H,12,13). The number of amides is 1. The number of hydrogen-bond acceptors (Lipinski definition) is 3. The third-order valence-electron chi connectivity index (χ3n) is 2.15. The van der Waals surface area contributed by atoms with E-state index in [1.807, 2.05) is 17.5 Å². The monoisotopic (exact) mass is 237 g/mol. The molecule has 1 N–H and O–H groups in total. The van der Waals surface area contributed by atoms with Gasteiger partial charge < -0.3 is 5.32 Å². The van der Waals surface area contributed by atoms with E-state index >= 15 is 0 Å². The van der Waals surface area contributed by atoms with Crippen molar-refractivity contribution in [3.63, 3.8) is 0 Å². The number of carbonyl (C=O) groups excluding carboxylic acids is 1. The smallest absolute Gasteiger partial charge is 0.261 e. The molecule has 0 aliphatic heterocycles. The van der Waals surface area contributed by atoms with Gasteiger partial charge in [-0.15, -0.1) is 11.3 Å². The van der Waals surface area contributed by atoms with Gasteiger partial charge in [-0.1, -0.05) is 6.07 Å². The second kappa shape index (κ2) is 4.59. The summed E-state index contributed by atoms with van der Waals surface area (Å²) in [6.45, 7) is 2.68. The second-order valence-electron chi connectivity index (χ2n) is 3.24. The van der Waals surface area contributed by atoms with E-state index in [1.54, 1.807) is 11.3 Å². The van der Waals surface area contributed by atoms with Gasteiger partial charge in [0.2, 0.25) is 0 Å². The maximum atomic E-state index is 11.6. The molecule has 0 fully saturated rings. The fraction of sp³-hybridized carbons (Fsp3) is 0.182. The van der Waals surface area contributed by atoms with E-state index in [0.29, 0.717) is 6.54 Å². The minimum atomic E-state index is 0.00981. The number of nitrogens with one attached hydrogen (secondary N) is 1. The van der Waals surface area contributed by atoms with Crippen LogP contribution in [-0.2, 0) is 6.54 Å². The molecule has 0 aromatic carbocycles. The number of rotatable bonds is 3. The molecule has 0 aliphatic rings. The van der Waals surface area contributed by atoms with Gasteiger partial charge in [0.25, 0.3) is 5.91 Å². The molecule has 0 bridgehead atoms. The lowest BCUT2D eigenvalue weighted by atomic mass is 10.2. The first-order valence-corrected chi connectivity index (χ1v) is 6.43. The van der Waals surface area contributed by atoms with Gasteiger partial charge in [0.05, 0.1) is 4.88 Å². The average molecular weight is 237 g/mol. The zero-order valence-corrected chi connectivity index (χ0v) is 9.95. The van der Waals surface area contributed by atoms with E-state index in [-0.39, 0.29) is 5.91 Å². The topological polar surface area (TPSA) is 29.1 Å². The zero-order valence-electron chi connectivity index (χ0n) is 8.32. The molecule has 2 aromatic rings. The fourth-order valence-electron chi connectivity index (χ4n) is 1.24. The quantitative estimate of drug-likeness (QED) is 0.873. The molecule has 15 heavy (non-hydrogen) atoms. The SMILES string of the molecule is Cc1cscc1CNC(=O)c1cccs1. The molecule has 4 heteroatoms. The van der Waals surface area contributed by atoms with Crippen LogP contribution in [0.4, 0.5) is 0 Å². The van der Waals surface area contributed by atoms with Crippen LogP contribution in [0, 0.1) is 6.92 Å². The molecule has 0 atom stereocenters. The third-order valence-corrected chi connectivity index (χ3v) is 3.92. The van der Waals surface area contributed by atoms with Crippen LogP contribution in [0.25, 0.3) is 0 Å². The molecule has 1 amide bonds. The fourth-order valence-corrected chi connectivity index (χ4v) is 2.74. The van der Waals surface area contributed by atoms with E-state index in [9.17, 15) is 4.79 Å². The summed E-state index contributed by atoms with van der Waals surface area (Å²) in [4.78, 5) is 12.4. The van der Waals surface area contributed by atoms with E-state index < -0.39 is 0 Å². The van der Waals surface area contributed by atoms with Crippen LogP contribution < -0.4 is 5.32 Å². The van der Waals surface area contributed by atoms with Crippen molar-refractivity contribution in [2.75, 3.05) is 0 Å². The van der Waals surface area contributed by atoms with Gasteiger partial charge >= 0.3 is 0 Å². The average Bonchev–Trinajstić information content (AvgIpc) is 2.85. The molecule has 2 heterocycles. The van der Waals surface area contributed by atoms with Crippen molar-refractivity contribution in [3.05, 3.63) is 44.3 Å². The summed E-state index contributed by atoms with van der Waals surface area (Å²) in [6.07, 6.45) is 0. The summed E-state index contributed by atoms with van der Waals surface area (Å²) in [6, 6.07) is 3.72. The maximum Gasteiger partial charge on any atom is 0.261 e. The largest absolute Gasteiger partial charge is 0.347 e. The second-order valence-corrected chi connectivity index (χ2v) is 4.93. The Morgan fingerprint density at radius 1 is 1.47 bits per heavy atom. The van der Waals surface area contributed by atoms with Crippen LogP contribution in [-0.4, -0.2) is 5.91 Å². The summed E-state index contributed by atoms with van der Waals surface area (Å²) in [5, 5.41) is 8.98. The lowest BCUT2D eigenvalue weighted by Gasteiger charge is -2.02. The van der Waals surface area contributed by atoms with Crippen molar-refractivity contribution < 1.29 is 4.79 Å². The predicted molar refractivity (Wildman–Crippen MR) is 64.5 cm³/mol. The van der Waals surface area contributed by atoms with Gasteiger partial charge in [-0.3, -0.25) is 4.79 Å². The highest BCUT2D eigenvalue weighted by atomic mass is 32.1. The van der Waals surface area contributed by atoms with Crippen LogP contribution in [0.15, 0.2) is 28.3 Å². The summed E-state index contributed by atoms with van der Waals surface area (Å²) in [5.74, 6) is 0.00981. The Labute approximate surface area is 96.6 Å². The number of carbonyl (C=O) groups is 1. The third kappa shape index (κ3) is 2.46. The molecule has 0 aliphatic carbocycles. The number of thiophene rings is 2. The Bertz CT molecular complexity index is 445. The van der Waals surface area contributed by atoms with E-state index in [0.717, 1.165) is 4.88 Å². The first-order valence-electron chi connectivity index (χ1n) is 4.61. The van der Waals surface area contributed by atoms with Gasteiger partial charge in [0, 0.05) is 6.54 Å². The highest BCUT2D eigenvalue weighted by molar-refractivity contribution is 7.12. The predicted octanol–water partition coefficient (Wildman–Crippen LogP) is 3.05. The first kappa shape index (κ1) is 10.4. The molecular weight excluding hydrogens is 226 g/mol. The minimum absolute atomic E-state index is 0.00981. The number of aryl methyl sites for hydroxylation is 1. The Morgan fingerprint density at radius 3 is 2.93 bits per heavy atom. The van der Waals surface area contributed by atoms with Crippen molar-refractivity contribution >= 4 is 28.6 Å². The molecule has 0 radical (unpaired) electrons. The molecule has 0 saturated heterocycles. The molecule has 2 nitrogen and oxygen atoms in total. The molecule has 0 unspecified atom stereocenters. The van der Waals surface area contributed by atoms with Crippen molar-refractivity contribution in [2.45, 2.75) is 13.5 Å².